The highest BCUT2D eigenvalue weighted by Gasteiger charge is 2.27. The van der Waals surface area contributed by atoms with E-state index in [-0.39, 0.29) is 5.92 Å². The van der Waals surface area contributed by atoms with Crippen molar-refractivity contribution in [1.29, 1.82) is 0 Å². The number of nitrogens with zero attached hydrogens (tertiary/aromatic N) is 1. The minimum absolute atomic E-state index is 0.200. The van der Waals surface area contributed by atoms with E-state index in [4.69, 9.17) is 5.11 Å². The number of aliphatic carboxylic acids is 1. The monoisotopic (exact) mass is 281 g/mol. The van der Waals surface area contributed by atoms with Crippen LogP contribution >= 0.6 is 0 Å². The van der Waals surface area contributed by atoms with Gasteiger partial charge < -0.3 is 5.11 Å². The fourth-order valence-electron chi connectivity index (χ4n) is 2.87. The SMILES string of the molecule is O=C(O)C1CCN(Cc2ccc(-c3ccccc3)cc2)C1. The highest BCUT2D eigenvalue weighted by Crippen LogP contribution is 2.22. The van der Waals surface area contributed by atoms with E-state index in [1.54, 1.807) is 0 Å². The van der Waals surface area contributed by atoms with E-state index in [9.17, 15) is 4.79 Å². The first-order chi connectivity index (χ1) is 10.2. The zero-order valence-electron chi connectivity index (χ0n) is 11.9. The Morgan fingerprint density at radius 2 is 1.71 bits per heavy atom. The zero-order chi connectivity index (χ0) is 14.7. The molecule has 0 aliphatic carbocycles. The van der Waals surface area contributed by atoms with Gasteiger partial charge >= 0.3 is 5.97 Å². The van der Waals surface area contributed by atoms with Gasteiger partial charge in [-0.25, -0.2) is 0 Å². The van der Waals surface area contributed by atoms with Gasteiger partial charge in [-0.1, -0.05) is 54.6 Å². The van der Waals surface area contributed by atoms with Crippen LogP contribution in [-0.4, -0.2) is 29.1 Å². The Morgan fingerprint density at radius 1 is 1.05 bits per heavy atom. The van der Waals surface area contributed by atoms with Crippen LogP contribution in [0.1, 0.15) is 12.0 Å². The predicted octanol–water partition coefficient (Wildman–Crippen LogP) is 3.26. The number of carboxylic acid groups (broad SMARTS) is 1. The van der Waals surface area contributed by atoms with Crippen LogP contribution in [0.2, 0.25) is 0 Å². The number of hydrogen-bond donors (Lipinski definition) is 1. The van der Waals surface area contributed by atoms with Crippen LogP contribution in [0.5, 0.6) is 0 Å². The molecule has 1 fully saturated rings. The Morgan fingerprint density at radius 3 is 2.33 bits per heavy atom. The number of carboxylic acids is 1. The van der Waals surface area contributed by atoms with Crippen molar-refractivity contribution in [2.45, 2.75) is 13.0 Å². The van der Waals surface area contributed by atoms with Crippen LogP contribution in [0, 0.1) is 5.92 Å². The highest BCUT2D eigenvalue weighted by atomic mass is 16.4. The summed E-state index contributed by atoms with van der Waals surface area (Å²) >= 11 is 0. The fraction of sp³-hybridized carbons (Fsp3) is 0.278. The second kappa shape index (κ2) is 6.10. The molecule has 0 amide bonds. The molecule has 1 heterocycles. The van der Waals surface area contributed by atoms with Gasteiger partial charge in [-0.3, -0.25) is 9.69 Å². The molecule has 0 aromatic heterocycles. The molecule has 0 radical (unpaired) electrons. The number of benzene rings is 2. The molecule has 0 bridgehead atoms. The molecule has 0 spiro atoms. The molecule has 2 aromatic carbocycles. The summed E-state index contributed by atoms with van der Waals surface area (Å²) in [6.07, 6.45) is 0.761. The van der Waals surface area contributed by atoms with Gasteiger partial charge in [0.1, 0.15) is 0 Å². The molecular weight excluding hydrogens is 262 g/mol. The van der Waals surface area contributed by atoms with Crippen molar-refractivity contribution in [2.75, 3.05) is 13.1 Å². The van der Waals surface area contributed by atoms with Crippen LogP contribution in [-0.2, 0) is 11.3 Å². The number of carbonyl (C=O) groups is 1. The average Bonchev–Trinajstić information content (AvgIpc) is 2.98. The maximum Gasteiger partial charge on any atom is 0.307 e. The van der Waals surface area contributed by atoms with Gasteiger partial charge in [0.05, 0.1) is 5.92 Å². The Hall–Kier alpha value is -2.13. The average molecular weight is 281 g/mol. The van der Waals surface area contributed by atoms with Crippen molar-refractivity contribution in [1.82, 2.24) is 4.90 Å². The highest BCUT2D eigenvalue weighted by molar-refractivity contribution is 5.70. The second-order valence-electron chi connectivity index (χ2n) is 5.62. The molecule has 2 aromatic rings. The molecule has 3 rings (SSSR count). The summed E-state index contributed by atoms with van der Waals surface area (Å²) in [5.41, 5.74) is 3.67. The third-order valence-electron chi connectivity index (χ3n) is 4.09. The van der Waals surface area contributed by atoms with Crippen molar-refractivity contribution in [2.24, 2.45) is 5.92 Å². The molecule has 21 heavy (non-hydrogen) atoms. The quantitative estimate of drug-likeness (QED) is 0.935. The number of likely N-dealkylation sites (tertiary alicyclic amines) is 1. The van der Waals surface area contributed by atoms with Crippen molar-refractivity contribution < 1.29 is 9.90 Å². The van der Waals surface area contributed by atoms with E-state index in [1.165, 1.54) is 16.7 Å². The summed E-state index contributed by atoms with van der Waals surface area (Å²) < 4.78 is 0. The van der Waals surface area contributed by atoms with Crippen LogP contribution < -0.4 is 0 Å². The van der Waals surface area contributed by atoms with Gasteiger partial charge in [0.25, 0.3) is 0 Å². The lowest BCUT2D eigenvalue weighted by molar-refractivity contribution is -0.141. The number of rotatable bonds is 4. The summed E-state index contributed by atoms with van der Waals surface area (Å²) in [5.74, 6) is -0.870. The molecule has 3 heteroatoms. The fourth-order valence-corrected chi connectivity index (χ4v) is 2.87. The first-order valence-corrected chi connectivity index (χ1v) is 7.32. The third-order valence-corrected chi connectivity index (χ3v) is 4.09. The van der Waals surface area contributed by atoms with E-state index in [2.05, 4.69) is 41.3 Å². The zero-order valence-corrected chi connectivity index (χ0v) is 11.9. The lowest BCUT2D eigenvalue weighted by atomic mass is 10.0. The largest absolute Gasteiger partial charge is 0.481 e. The summed E-state index contributed by atoms with van der Waals surface area (Å²) in [6, 6.07) is 18.8. The van der Waals surface area contributed by atoms with Gasteiger partial charge in [-0.2, -0.15) is 0 Å². The van der Waals surface area contributed by atoms with Gasteiger partial charge in [-0.05, 0) is 29.7 Å². The molecule has 1 aliphatic rings. The van der Waals surface area contributed by atoms with Crippen molar-refractivity contribution >= 4 is 5.97 Å². The minimum Gasteiger partial charge on any atom is -0.481 e. The first kappa shape index (κ1) is 13.8. The lowest BCUT2D eigenvalue weighted by Gasteiger charge is -2.15. The lowest BCUT2D eigenvalue weighted by Crippen LogP contribution is -2.22. The molecule has 1 unspecified atom stereocenters. The Labute approximate surface area is 124 Å². The van der Waals surface area contributed by atoms with Crippen molar-refractivity contribution in [3.8, 4) is 11.1 Å². The van der Waals surface area contributed by atoms with Crippen LogP contribution in [0.3, 0.4) is 0 Å². The summed E-state index contributed by atoms with van der Waals surface area (Å²) in [4.78, 5) is 13.2. The normalized spacial score (nSPS) is 18.8. The van der Waals surface area contributed by atoms with E-state index in [0.717, 1.165) is 19.5 Å². The van der Waals surface area contributed by atoms with Crippen LogP contribution in [0.15, 0.2) is 54.6 Å². The summed E-state index contributed by atoms with van der Waals surface area (Å²) in [7, 11) is 0. The maximum absolute atomic E-state index is 11.0. The van der Waals surface area contributed by atoms with Gasteiger partial charge in [0, 0.05) is 13.1 Å². The summed E-state index contributed by atoms with van der Waals surface area (Å²) in [6.45, 7) is 2.37. The van der Waals surface area contributed by atoms with Crippen molar-refractivity contribution in [3.63, 3.8) is 0 Å². The topological polar surface area (TPSA) is 40.5 Å². The first-order valence-electron chi connectivity index (χ1n) is 7.32. The van der Waals surface area contributed by atoms with Gasteiger partial charge in [-0.15, -0.1) is 0 Å². The smallest absolute Gasteiger partial charge is 0.307 e. The van der Waals surface area contributed by atoms with E-state index in [0.29, 0.717) is 6.54 Å². The predicted molar refractivity (Wildman–Crippen MR) is 82.9 cm³/mol. The standard InChI is InChI=1S/C18H19NO2/c20-18(21)17-10-11-19(13-17)12-14-6-8-16(9-7-14)15-4-2-1-3-5-15/h1-9,17H,10-13H2,(H,20,21). The molecule has 1 N–H and O–H groups in total. The Bertz CT molecular complexity index is 607. The molecule has 108 valence electrons. The minimum atomic E-state index is -0.670. The summed E-state index contributed by atoms with van der Waals surface area (Å²) in [5, 5.41) is 9.03. The Kier molecular flexibility index (Phi) is 4.02. The molecular formula is C18H19NO2. The second-order valence-corrected chi connectivity index (χ2v) is 5.62. The van der Waals surface area contributed by atoms with E-state index in [1.807, 2.05) is 18.2 Å². The van der Waals surface area contributed by atoms with Gasteiger partial charge in [0.15, 0.2) is 0 Å². The molecule has 1 aliphatic heterocycles. The maximum atomic E-state index is 11.0. The Balaban J connectivity index is 1.64. The van der Waals surface area contributed by atoms with Gasteiger partial charge in [0.2, 0.25) is 0 Å². The van der Waals surface area contributed by atoms with E-state index >= 15 is 0 Å². The number of hydrogen-bond acceptors (Lipinski definition) is 2. The molecule has 0 saturated carbocycles. The molecule has 3 nitrogen and oxygen atoms in total. The van der Waals surface area contributed by atoms with Crippen LogP contribution in [0.25, 0.3) is 11.1 Å². The van der Waals surface area contributed by atoms with Crippen molar-refractivity contribution in [3.05, 3.63) is 60.2 Å². The van der Waals surface area contributed by atoms with Crippen LogP contribution in [0.4, 0.5) is 0 Å². The molecule has 1 saturated heterocycles. The molecule has 1 atom stereocenters. The third kappa shape index (κ3) is 3.31. The van der Waals surface area contributed by atoms with E-state index < -0.39 is 5.97 Å².